The van der Waals surface area contributed by atoms with Crippen molar-refractivity contribution in [2.75, 3.05) is 5.32 Å². The maximum atomic E-state index is 11.8. The van der Waals surface area contributed by atoms with Crippen molar-refractivity contribution in [1.82, 2.24) is 4.98 Å². The first-order chi connectivity index (χ1) is 9.81. The predicted molar refractivity (Wildman–Crippen MR) is 77.8 cm³/mol. The Labute approximate surface area is 119 Å². The van der Waals surface area contributed by atoms with E-state index in [9.17, 15) is 4.79 Å². The number of carbonyl (C=O) groups excluding carboxylic acids is 1. The number of cyclic esters (lactones) is 1. The number of para-hydroxylation sites is 1. The molecule has 0 amide bonds. The number of ether oxygens (including phenoxy) is 1. The molecule has 1 atom stereocenters. The molecule has 2 heterocycles. The zero-order valence-electron chi connectivity index (χ0n) is 10.4. The van der Waals surface area contributed by atoms with Crippen molar-refractivity contribution in [1.29, 1.82) is 0 Å². The number of hydrogen-bond acceptors (Lipinski definition) is 5. The van der Waals surface area contributed by atoms with Gasteiger partial charge in [-0.1, -0.05) is 41.7 Å². The van der Waals surface area contributed by atoms with Crippen molar-refractivity contribution in [2.24, 2.45) is 0 Å². The summed E-state index contributed by atoms with van der Waals surface area (Å²) in [5.41, 5.74) is 2.42. The van der Waals surface area contributed by atoms with E-state index in [1.165, 1.54) is 0 Å². The second-order valence-electron chi connectivity index (χ2n) is 4.50. The molecule has 0 radical (unpaired) electrons. The van der Waals surface area contributed by atoms with Crippen LogP contribution >= 0.6 is 11.3 Å². The van der Waals surface area contributed by atoms with E-state index in [0.717, 1.165) is 20.9 Å². The summed E-state index contributed by atoms with van der Waals surface area (Å²) in [6.07, 6.45) is -0.459. The van der Waals surface area contributed by atoms with Crippen LogP contribution in [0.25, 0.3) is 10.2 Å². The van der Waals surface area contributed by atoms with Gasteiger partial charge in [-0.2, -0.15) is 0 Å². The van der Waals surface area contributed by atoms with Crippen molar-refractivity contribution < 1.29 is 9.53 Å². The fraction of sp³-hybridized carbons (Fsp3) is 0.0667. The summed E-state index contributed by atoms with van der Waals surface area (Å²) in [6.45, 7) is 0. The number of aromatic nitrogens is 1. The molecule has 98 valence electrons. The van der Waals surface area contributed by atoms with Crippen LogP contribution in [-0.4, -0.2) is 11.0 Å². The van der Waals surface area contributed by atoms with E-state index in [-0.39, 0.29) is 5.97 Å². The SMILES string of the molecule is O=C1O[C@@H](Nc2nc3ccccc3s2)c2ccccc21. The number of anilines is 1. The molecule has 1 aliphatic rings. The largest absolute Gasteiger partial charge is 0.434 e. The van der Waals surface area contributed by atoms with Crippen LogP contribution < -0.4 is 5.32 Å². The minimum Gasteiger partial charge on any atom is -0.434 e. The molecule has 0 spiro atoms. The van der Waals surface area contributed by atoms with Gasteiger partial charge in [0.15, 0.2) is 5.13 Å². The van der Waals surface area contributed by atoms with Crippen LogP contribution in [0.15, 0.2) is 48.5 Å². The van der Waals surface area contributed by atoms with Crippen LogP contribution in [-0.2, 0) is 4.74 Å². The summed E-state index contributed by atoms with van der Waals surface area (Å²) in [5.74, 6) is -0.292. The Morgan fingerprint density at radius 2 is 1.90 bits per heavy atom. The molecule has 4 nitrogen and oxygen atoms in total. The number of carbonyl (C=O) groups is 1. The summed E-state index contributed by atoms with van der Waals surface area (Å²) < 4.78 is 6.45. The average molecular weight is 282 g/mol. The monoisotopic (exact) mass is 282 g/mol. The van der Waals surface area contributed by atoms with Crippen molar-refractivity contribution in [2.45, 2.75) is 6.23 Å². The van der Waals surface area contributed by atoms with E-state index in [1.54, 1.807) is 17.4 Å². The highest BCUT2D eigenvalue weighted by Crippen LogP contribution is 2.34. The second kappa shape index (κ2) is 4.31. The lowest BCUT2D eigenvalue weighted by atomic mass is 10.1. The Bertz CT molecular complexity index is 779. The quantitative estimate of drug-likeness (QED) is 0.730. The first-order valence-electron chi connectivity index (χ1n) is 6.23. The summed E-state index contributed by atoms with van der Waals surface area (Å²) in [5, 5.41) is 3.93. The minimum absolute atomic E-state index is 0.292. The zero-order chi connectivity index (χ0) is 13.5. The standard InChI is InChI=1S/C15H10N2O2S/c18-14-10-6-2-1-5-9(10)13(19-14)17-15-16-11-7-3-4-8-12(11)20-15/h1-8,13H,(H,16,17)/t13-/m1/s1. The maximum Gasteiger partial charge on any atom is 0.340 e. The molecular formula is C15H10N2O2S. The Morgan fingerprint density at radius 3 is 2.80 bits per heavy atom. The Balaban J connectivity index is 1.68. The number of nitrogens with zero attached hydrogens (tertiary/aromatic N) is 1. The van der Waals surface area contributed by atoms with Gasteiger partial charge in [-0.05, 0) is 18.2 Å². The molecule has 0 aliphatic carbocycles. The lowest BCUT2D eigenvalue weighted by molar-refractivity contribution is 0.0437. The molecule has 0 unspecified atom stereocenters. The van der Waals surface area contributed by atoms with Gasteiger partial charge in [-0.15, -0.1) is 0 Å². The van der Waals surface area contributed by atoms with Gasteiger partial charge in [0.25, 0.3) is 0 Å². The molecule has 20 heavy (non-hydrogen) atoms. The summed E-state index contributed by atoms with van der Waals surface area (Å²) >= 11 is 1.55. The molecule has 0 saturated heterocycles. The van der Waals surface area contributed by atoms with E-state index >= 15 is 0 Å². The average Bonchev–Trinajstić information content (AvgIpc) is 3.01. The van der Waals surface area contributed by atoms with E-state index in [2.05, 4.69) is 10.3 Å². The summed E-state index contributed by atoms with van der Waals surface area (Å²) in [4.78, 5) is 16.2. The van der Waals surface area contributed by atoms with E-state index in [1.807, 2.05) is 42.5 Å². The molecule has 1 N–H and O–H groups in total. The molecule has 4 rings (SSSR count). The van der Waals surface area contributed by atoms with E-state index in [4.69, 9.17) is 4.74 Å². The lowest BCUT2D eigenvalue weighted by Gasteiger charge is -2.11. The number of fused-ring (bicyclic) bond motifs is 2. The molecule has 1 aliphatic heterocycles. The number of rotatable bonds is 2. The van der Waals surface area contributed by atoms with Crippen molar-refractivity contribution in [3.8, 4) is 0 Å². The van der Waals surface area contributed by atoms with Gasteiger partial charge < -0.3 is 10.1 Å². The van der Waals surface area contributed by atoms with Crippen molar-refractivity contribution in [3.05, 3.63) is 59.7 Å². The zero-order valence-corrected chi connectivity index (χ0v) is 11.2. The molecule has 5 heteroatoms. The fourth-order valence-corrected chi connectivity index (χ4v) is 3.18. The highest BCUT2D eigenvalue weighted by molar-refractivity contribution is 7.22. The van der Waals surface area contributed by atoms with Crippen LogP contribution in [0.4, 0.5) is 5.13 Å². The molecule has 1 aromatic heterocycles. The fourth-order valence-electron chi connectivity index (χ4n) is 2.30. The Kier molecular flexibility index (Phi) is 2.47. The maximum absolute atomic E-state index is 11.8. The number of nitrogens with one attached hydrogen (secondary N) is 1. The smallest absolute Gasteiger partial charge is 0.340 e. The van der Waals surface area contributed by atoms with Gasteiger partial charge in [0, 0.05) is 5.56 Å². The molecule has 0 bridgehead atoms. The van der Waals surface area contributed by atoms with Gasteiger partial charge in [-0.25, -0.2) is 9.78 Å². The number of thiazole rings is 1. The number of hydrogen-bond donors (Lipinski definition) is 1. The van der Waals surface area contributed by atoms with Crippen LogP contribution in [0, 0.1) is 0 Å². The van der Waals surface area contributed by atoms with Gasteiger partial charge in [0.1, 0.15) is 0 Å². The predicted octanol–water partition coefficient (Wildman–Crippen LogP) is 3.58. The third-order valence-electron chi connectivity index (χ3n) is 3.24. The normalized spacial score (nSPS) is 17.0. The Hall–Kier alpha value is -2.40. The van der Waals surface area contributed by atoms with Gasteiger partial charge in [-0.3, -0.25) is 0 Å². The number of benzene rings is 2. The molecule has 0 saturated carbocycles. The topological polar surface area (TPSA) is 51.2 Å². The lowest BCUT2D eigenvalue weighted by Crippen LogP contribution is -2.09. The van der Waals surface area contributed by atoms with Crippen molar-refractivity contribution >= 4 is 32.7 Å². The van der Waals surface area contributed by atoms with Crippen molar-refractivity contribution in [3.63, 3.8) is 0 Å². The first-order valence-corrected chi connectivity index (χ1v) is 7.05. The third-order valence-corrected chi connectivity index (χ3v) is 4.20. The third kappa shape index (κ3) is 1.75. The van der Waals surface area contributed by atoms with E-state index in [0.29, 0.717) is 5.56 Å². The molecule has 0 fully saturated rings. The van der Waals surface area contributed by atoms with Crippen LogP contribution in [0.2, 0.25) is 0 Å². The highest BCUT2D eigenvalue weighted by atomic mass is 32.1. The minimum atomic E-state index is -0.459. The van der Waals surface area contributed by atoms with Crippen LogP contribution in [0.3, 0.4) is 0 Å². The first kappa shape index (κ1) is 11.4. The van der Waals surface area contributed by atoms with Gasteiger partial charge in [0.05, 0.1) is 15.8 Å². The Morgan fingerprint density at radius 1 is 1.10 bits per heavy atom. The van der Waals surface area contributed by atoms with Gasteiger partial charge >= 0.3 is 5.97 Å². The summed E-state index contributed by atoms with van der Waals surface area (Å²) in [6, 6.07) is 15.3. The van der Waals surface area contributed by atoms with Crippen LogP contribution in [0.1, 0.15) is 22.1 Å². The molecule has 3 aromatic rings. The summed E-state index contributed by atoms with van der Waals surface area (Å²) in [7, 11) is 0. The second-order valence-corrected chi connectivity index (χ2v) is 5.53. The highest BCUT2D eigenvalue weighted by Gasteiger charge is 2.30. The van der Waals surface area contributed by atoms with Gasteiger partial charge in [0.2, 0.25) is 6.23 Å². The molecular weight excluding hydrogens is 272 g/mol. The van der Waals surface area contributed by atoms with Crippen LogP contribution in [0.5, 0.6) is 0 Å². The molecule has 2 aromatic carbocycles. The van der Waals surface area contributed by atoms with E-state index < -0.39 is 6.23 Å². The number of esters is 1.